The first-order valence-corrected chi connectivity index (χ1v) is 8.18. The molecule has 1 saturated heterocycles. The zero-order valence-electron chi connectivity index (χ0n) is 13.8. The van der Waals surface area contributed by atoms with E-state index in [0.29, 0.717) is 38.4 Å². The monoisotopic (exact) mass is 340 g/mol. The van der Waals surface area contributed by atoms with Gasteiger partial charge in [-0.05, 0) is 17.7 Å². The van der Waals surface area contributed by atoms with Crippen molar-refractivity contribution in [2.75, 3.05) is 36.4 Å². The predicted molar refractivity (Wildman–Crippen MR) is 96.7 cm³/mol. The van der Waals surface area contributed by atoms with Gasteiger partial charge in [0.05, 0.1) is 4.92 Å². The van der Waals surface area contributed by atoms with Crippen LogP contribution in [0.4, 0.5) is 17.1 Å². The van der Waals surface area contributed by atoms with Crippen LogP contribution in [0.25, 0.3) is 0 Å². The zero-order valence-corrected chi connectivity index (χ0v) is 13.8. The zero-order chi connectivity index (χ0) is 17.6. The molecule has 7 nitrogen and oxygen atoms in total. The molecule has 0 bridgehead atoms. The summed E-state index contributed by atoms with van der Waals surface area (Å²) < 4.78 is 0. The average Bonchev–Trinajstić information content (AvgIpc) is 2.67. The summed E-state index contributed by atoms with van der Waals surface area (Å²) in [5.41, 5.74) is 2.55. The molecule has 0 saturated carbocycles. The molecule has 0 spiro atoms. The summed E-state index contributed by atoms with van der Waals surface area (Å²) in [4.78, 5) is 25.6. The van der Waals surface area contributed by atoms with Crippen molar-refractivity contribution in [1.82, 2.24) is 4.90 Å². The molecule has 1 aliphatic rings. The first kappa shape index (κ1) is 16.8. The van der Waals surface area contributed by atoms with Crippen LogP contribution in [0, 0.1) is 10.1 Å². The lowest BCUT2D eigenvalue weighted by atomic mass is 10.2. The molecule has 2 aromatic carbocycles. The number of nitrogens with one attached hydrogen (secondary N) is 1. The molecule has 0 aliphatic carbocycles. The number of carbonyl (C=O) groups excluding carboxylic acids is 1. The maximum atomic E-state index is 11.3. The first-order chi connectivity index (χ1) is 12.2. The minimum Gasteiger partial charge on any atom is -0.375 e. The Bertz CT molecular complexity index is 743. The molecule has 7 heteroatoms. The van der Waals surface area contributed by atoms with Gasteiger partial charge in [0.1, 0.15) is 5.69 Å². The smallest absolute Gasteiger partial charge is 0.292 e. The number of amides is 1. The van der Waals surface area contributed by atoms with E-state index in [9.17, 15) is 14.9 Å². The molecule has 130 valence electrons. The van der Waals surface area contributed by atoms with Crippen LogP contribution in [0.3, 0.4) is 0 Å². The Morgan fingerprint density at radius 2 is 1.80 bits per heavy atom. The summed E-state index contributed by atoms with van der Waals surface area (Å²) >= 11 is 0. The van der Waals surface area contributed by atoms with Crippen molar-refractivity contribution in [3.05, 3.63) is 64.2 Å². The van der Waals surface area contributed by atoms with E-state index in [4.69, 9.17) is 0 Å². The van der Waals surface area contributed by atoms with Crippen LogP contribution in [0.1, 0.15) is 5.56 Å². The Hall–Kier alpha value is -3.09. The van der Waals surface area contributed by atoms with E-state index in [0.717, 1.165) is 17.7 Å². The molecule has 0 unspecified atom stereocenters. The van der Waals surface area contributed by atoms with Gasteiger partial charge in [-0.2, -0.15) is 0 Å². The van der Waals surface area contributed by atoms with Crippen LogP contribution >= 0.6 is 0 Å². The fourth-order valence-electron chi connectivity index (χ4n) is 2.90. The summed E-state index contributed by atoms with van der Waals surface area (Å²) in [6.07, 6.45) is 0.861. The Morgan fingerprint density at radius 1 is 1.08 bits per heavy atom. The highest BCUT2D eigenvalue weighted by Gasteiger charge is 2.19. The molecule has 1 amide bonds. The van der Waals surface area contributed by atoms with Gasteiger partial charge in [-0.1, -0.05) is 30.3 Å². The second kappa shape index (κ2) is 7.65. The van der Waals surface area contributed by atoms with Gasteiger partial charge < -0.3 is 15.1 Å². The molecular formula is C18H20N4O3. The lowest BCUT2D eigenvalue weighted by Crippen LogP contribution is -2.45. The molecular weight excluding hydrogens is 320 g/mol. The van der Waals surface area contributed by atoms with Crippen LogP contribution in [0.15, 0.2) is 48.5 Å². The predicted octanol–water partition coefficient (Wildman–Crippen LogP) is 2.49. The highest BCUT2D eigenvalue weighted by atomic mass is 16.6. The maximum absolute atomic E-state index is 11.3. The van der Waals surface area contributed by atoms with Crippen molar-refractivity contribution in [3.8, 4) is 0 Å². The molecule has 1 aliphatic heterocycles. The third-order valence-electron chi connectivity index (χ3n) is 4.33. The average molecular weight is 340 g/mol. The number of anilines is 2. The normalized spacial score (nSPS) is 14.2. The van der Waals surface area contributed by atoms with Gasteiger partial charge in [0.2, 0.25) is 6.41 Å². The van der Waals surface area contributed by atoms with Crippen molar-refractivity contribution in [2.24, 2.45) is 0 Å². The highest BCUT2D eigenvalue weighted by molar-refractivity contribution is 5.69. The fourth-order valence-corrected chi connectivity index (χ4v) is 2.90. The largest absolute Gasteiger partial charge is 0.375 e. The second-order valence-electron chi connectivity index (χ2n) is 5.93. The first-order valence-electron chi connectivity index (χ1n) is 8.18. The fraction of sp³-hybridized carbons (Fsp3) is 0.278. The molecule has 1 N–H and O–H groups in total. The van der Waals surface area contributed by atoms with Crippen LogP contribution in [-0.2, 0) is 11.3 Å². The standard InChI is InChI=1S/C18H20N4O3/c23-14-20-8-10-21(11-9-20)16-6-7-18(22(24)25)17(12-16)19-13-15-4-2-1-3-5-15/h1-7,12,14,19H,8-11,13H2. The van der Waals surface area contributed by atoms with E-state index in [2.05, 4.69) is 10.2 Å². The van der Waals surface area contributed by atoms with Crippen LogP contribution < -0.4 is 10.2 Å². The SMILES string of the molecule is O=CN1CCN(c2ccc([N+](=O)[O-])c(NCc3ccccc3)c2)CC1. The number of benzene rings is 2. The van der Waals surface area contributed by atoms with E-state index in [-0.39, 0.29) is 10.6 Å². The van der Waals surface area contributed by atoms with E-state index >= 15 is 0 Å². The Kier molecular flexibility index (Phi) is 5.13. The van der Waals surface area contributed by atoms with Crippen molar-refractivity contribution < 1.29 is 9.72 Å². The van der Waals surface area contributed by atoms with Crippen molar-refractivity contribution in [1.29, 1.82) is 0 Å². The summed E-state index contributed by atoms with van der Waals surface area (Å²) in [6, 6.07) is 14.9. The number of carbonyl (C=O) groups is 1. The van der Waals surface area contributed by atoms with Crippen molar-refractivity contribution in [3.63, 3.8) is 0 Å². The molecule has 0 aromatic heterocycles. The van der Waals surface area contributed by atoms with Gasteiger partial charge in [0.25, 0.3) is 5.69 Å². The number of hydrogen-bond acceptors (Lipinski definition) is 5. The number of nitro groups is 1. The molecule has 2 aromatic rings. The Balaban J connectivity index is 1.77. The lowest BCUT2D eigenvalue weighted by molar-refractivity contribution is -0.384. The molecule has 0 atom stereocenters. The van der Waals surface area contributed by atoms with Gasteiger partial charge in [-0.25, -0.2) is 0 Å². The maximum Gasteiger partial charge on any atom is 0.292 e. The van der Waals surface area contributed by atoms with Crippen LogP contribution in [0.2, 0.25) is 0 Å². The Labute approximate surface area is 146 Å². The number of nitro benzene ring substituents is 1. The van der Waals surface area contributed by atoms with Crippen molar-refractivity contribution in [2.45, 2.75) is 6.54 Å². The highest BCUT2D eigenvalue weighted by Crippen LogP contribution is 2.30. The third-order valence-corrected chi connectivity index (χ3v) is 4.33. The van der Waals surface area contributed by atoms with Gasteiger partial charge in [-0.15, -0.1) is 0 Å². The van der Waals surface area contributed by atoms with Crippen LogP contribution in [-0.4, -0.2) is 42.4 Å². The second-order valence-corrected chi connectivity index (χ2v) is 5.93. The summed E-state index contributed by atoms with van der Waals surface area (Å²) in [7, 11) is 0. The van der Waals surface area contributed by atoms with Gasteiger partial charge >= 0.3 is 0 Å². The van der Waals surface area contributed by atoms with E-state index in [1.165, 1.54) is 6.07 Å². The molecule has 1 fully saturated rings. The number of hydrogen-bond donors (Lipinski definition) is 1. The van der Waals surface area contributed by atoms with Gasteiger partial charge in [0, 0.05) is 44.5 Å². The Morgan fingerprint density at radius 3 is 2.44 bits per heavy atom. The van der Waals surface area contributed by atoms with E-state index in [1.807, 2.05) is 36.4 Å². The van der Waals surface area contributed by atoms with Gasteiger partial charge in [-0.3, -0.25) is 14.9 Å². The summed E-state index contributed by atoms with van der Waals surface area (Å²) in [5, 5.41) is 14.5. The number of rotatable bonds is 6. The minimum atomic E-state index is -0.374. The minimum absolute atomic E-state index is 0.0613. The lowest BCUT2D eigenvalue weighted by Gasteiger charge is -2.34. The third kappa shape index (κ3) is 4.06. The number of nitrogens with zero attached hydrogens (tertiary/aromatic N) is 3. The summed E-state index contributed by atoms with van der Waals surface area (Å²) in [5.74, 6) is 0. The molecule has 0 radical (unpaired) electrons. The molecule has 1 heterocycles. The quantitative estimate of drug-likeness (QED) is 0.496. The van der Waals surface area contributed by atoms with E-state index < -0.39 is 0 Å². The van der Waals surface area contributed by atoms with Gasteiger partial charge in [0.15, 0.2) is 0 Å². The van der Waals surface area contributed by atoms with E-state index in [1.54, 1.807) is 11.0 Å². The molecule has 25 heavy (non-hydrogen) atoms. The molecule has 3 rings (SSSR count). The summed E-state index contributed by atoms with van der Waals surface area (Å²) in [6.45, 7) is 3.27. The number of piperazine rings is 1. The topological polar surface area (TPSA) is 78.7 Å². The van der Waals surface area contributed by atoms with Crippen molar-refractivity contribution >= 4 is 23.5 Å². The van der Waals surface area contributed by atoms with Crippen LogP contribution in [0.5, 0.6) is 0 Å².